The lowest BCUT2D eigenvalue weighted by Crippen LogP contribution is -2.22. The van der Waals surface area contributed by atoms with Gasteiger partial charge in [0.2, 0.25) is 0 Å². The van der Waals surface area contributed by atoms with E-state index in [2.05, 4.69) is 15.3 Å². The van der Waals surface area contributed by atoms with Gasteiger partial charge in [0.15, 0.2) is 17.5 Å². The second-order valence-corrected chi connectivity index (χ2v) is 4.99. The molecular formula is C15H19N5O2. The highest BCUT2D eigenvalue weighted by molar-refractivity contribution is 5.92. The van der Waals surface area contributed by atoms with Crippen molar-refractivity contribution >= 4 is 11.6 Å². The molecular weight excluding hydrogens is 282 g/mol. The first kappa shape index (κ1) is 14.2. The van der Waals surface area contributed by atoms with Crippen molar-refractivity contribution in [3.8, 4) is 11.5 Å². The highest BCUT2D eigenvalue weighted by Gasteiger charge is 2.10. The second kappa shape index (κ2) is 6.38. The molecule has 1 aromatic heterocycles. The molecule has 0 aliphatic carbocycles. The molecule has 0 radical (unpaired) electrons. The average Bonchev–Trinajstić information content (AvgIpc) is 2.78. The van der Waals surface area contributed by atoms with Crippen molar-refractivity contribution in [1.29, 1.82) is 0 Å². The van der Waals surface area contributed by atoms with Crippen molar-refractivity contribution in [2.45, 2.75) is 13.0 Å². The molecule has 0 fully saturated rings. The minimum absolute atomic E-state index is 0.331. The highest BCUT2D eigenvalue weighted by atomic mass is 16.5. The van der Waals surface area contributed by atoms with Gasteiger partial charge in [-0.05, 0) is 12.1 Å². The molecule has 0 amide bonds. The first-order valence-corrected chi connectivity index (χ1v) is 7.15. The van der Waals surface area contributed by atoms with Crippen LogP contribution in [-0.2, 0) is 13.6 Å². The van der Waals surface area contributed by atoms with Crippen LogP contribution in [-0.4, -0.2) is 28.7 Å². The maximum atomic E-state index is 5.91. The van der Waals surface area contributed by atoms with E-state index in [9.17, 15) is 0 Å². The number of hydrogen-bond acceptors (Lipinski definition) is 4. The number of nitrogens with zero attached hydrogens (tertiary/aromatic N) is 3. The molecule has 0 saturated heterocycles. The van der Waals surface area contributed by atoms with Crippen molar-refractivity contribution < 1.29 is 9.47 Å². The van der Waals surface area contributed by atoms with Crippen LogP contribution in [0.5, 0.6) is 11.5 Å². The predicted molar refractivity (Wildman–Crippen MR) is 84.2 cm³/mol. The summed E-state index contributed by atoms with van der Waals surface area (Å²) < 4.78 is 13.1. The van der Waals surface area contributed by atoms with Crippen molar-refractivity contribution in [1.82, 2.24) is 9.55 Å². The minimum atomic E-state index is 0.331. The Labute approximate surface area is 128 Å². The van der Waals surface area contributed by atoms with E-state index in [-0.39, 0.29) is 0 Å². The molecule has 3 N–H and O–H groups in total. The lowest BCUT2D eigenvalue weighted by atomic mass is 10.3. The summed E-state index contributed by atoms with van der Waals surface area (Å²) in [5.74, 6) is 2.66. The van der Waals surface area contributed by atoms with Gasteiger partial charge < -0.3 is 25.1 Å². The molecule has 1 aliphatic heterocycles. The molecule has 2 heterocycles. The number of nitrogens with two attached hydrogens (primary N) is 1. The molecule has 7 heteroatoms. The summed E-state index contributed by atoms with van der Waals surface area (Å²) in [7, 11) is 1.92. The summed E-state index contributed by atoms with van der Waals surface area (Å²) in [5, 5.41) is 3.05. The number of aryl methyl sites for hydroxylation is 1. The van der Waals surface area contributed by atoms with E-state index >= 15 is 0 Å². The van der Waals surface area contributed by atoms with Crippen LogP contribution in [0.15, 0.2) is 35.6 Å². The zero-order valence-corrected chi connectivity index (χ0v) is 12.5. The maximum absolute atomic E-state index is 5.91. The van der Waals surface area contributed by atoms with E-state index in [0.717, 1.165) is 29.4 Å². The number of nitrogens with one attached hydrogen (secondary N) is 1. The minimum Gasteiger partial charge on any atom is -0.490 e. The van der Waals surface area contributed by atoms with Gasteiger partial charge in [-0.25, -0.2) is 9.98 Å². The maximum Gasteiger partial charge on any atom is 0.193 e. The molecule has 1 aliphatic rings. The van der Waals surface area contributed by atoms with Crippen molar-refractivity contribution in [2.75, 3.05) is 18.5 Å². The smallest absolute Gasteiger partial charge is 0.193 e. The summed E-state index contributed by atoms with van der Waals surface area (Å²) >= 11 is 0. The molecule has 1 aromatic carbocycles. The van der Waals surface area contributed by atoms with Gasteiger partial charge in [0.25, 0.3) is 0 Å². The Kier molecular flexibility index (Phi) is 4.13. The van der Waals surface area contributed by atoms with E-state index < -0.39 is 0 Å². The monoisotopic (exact) mass is 301 g/mol. The Morgan fingerprint density at radius 3 is 2.95 bits per heavy atom. The molecule has 0 unspecified atom stereocenters. The fourth-order valence-corrected chi connectivity index (χ4v) is 2.13. The Morgan fingerprint density at radius 1 is 1.36 bits per heavy atom. The second-order valence-electron chi connectivity index (χ2n) is 4.99. The van der Waals surface area contributed by atoms with Crippen LogP contribution in [0.3, 0.4) is 0 Å². The first-order valence-electron chi connectivity index (χ1n) is 7.15. The van der Waals surface area contributed by atoms with Crippen LogP contribution >= 0.6 is 0 Å². The molecule has 0 atom stereocenters. The van der Waals surface area contributed by atoms with Gasteiger partial charge in [-0.3, -0.25) is 0 Å². The number of anilines is 1. The van der Waals surface area contributed by atoms with Crippen LogP contribution in [0.2, 0.25) is 0 Å². The van der Waals surface area contributed by atoms with Gasteiger partial charge >= 0.3 is 0 Å². The van der Waals surface area contributed by atoms with E-state index in [1.165, 1.54) is 0 Å². The Hall–Kier alpha value is -2.70. The number of benzene rings is 1. The van der Waals surface area contributed by atoms with Gasteiger partial charge in [-0.15, -0.1) is 0 Å². The number of aromatic nitrogens is 2. The van der Waals surface area contributed by atoms with Crippen LogP contribution in [0.1, 0.15) is 12.2 Å². The summed E-state index contributed by atoms with van der Waals surface area (Å²) in [4.78, 5) is 8.48. The Morgan fingerprint density at radius 2 is 2.18 bits per heavy atom. The number of aliphatic imine (C=N–C) groups is 1. The third-order valence-corrected chi connectivity index (χ3v) is 3.33. The molecule has 22 heavy (non-hydrogen) atoms. The zero-order valence-electron chi connectivity index (χ0n) is 12.5. The van der Waals surface area contributed by atoms with Crippen LogP contribution in [0.25, 0.3) is 0 Å². The van der Waals surface area contributed by atoms with Crippen molar-refractivity contribution in [3.63, 3.8) is 0 Å². The fourth-order valence-electron chi connectivity index (χ4n) is 2.13. The van der Waals surface area contributed by atoms with Gasteiger partial charge in [0.1, 0.15) is 12.4 Å². The van der Waals surface area contributed by atoms with Gasteiger partial charge in [0.05, 0.1) is 13.2 Å². The van der Waals surface area contributed by atoms with Crippen molar-refractivity contribution in [2.24, 2.45) is 17.8 Å². The molecule has 2 aromatic rings. The van der Waals surface area contributed by atoms with Gasteiger partial charge in [0, 0.05) is 37.6 Å². The van der Waals surface area contributed by atoms with E-state index in [4.69, 9.17) is 15.2 Å². The molecule has 0 spiro atoms. The third kappa shape index (κ3) is 3.30. The van der Waals surface area contributed by atoms with E-state index in [1.54, 1.807) is 6.20 Å². The number of ether oxygens (including phenoxy) is 2. The summed E-state index contributed by atoms with van der Waals surface area (Å²) in [5.41, 5.74) is 6.72. The van der Waals surface area contributed by atoms with Crippen LogP contribution in [0.4, 0.5) is 5.69 Å². The lowest BCUT2D eigenvalue weighted by Gasteiger charge is -2.10. The predicted octanol–water partition coefficient (Wildman–Crippen LogP) is 1.51. The Balaban J connectivity index is 1.67. The van der Waals surface area contributed by atoms with E-state index in [0.29, 0.717) is 25.7 Å². The topological polar surface area (TPSA) is 86.7 Å². The molecule has 3 rings (SSSR count). The van der Waals surface area contributed by atoms with E-state index in [1.807, 2.05) is 36.0 Å². The van der Waals surface area contributed by atoms with Crippen LogP contribution < -0.4 is 20.5 Å². The average molecular weight is 301 g/mol. The molecule has 0 bridgehead atoms. The molecule has 116 valence electrons. The summed E-state index contributed by atoms with van der Waals surface area (Å²) in [6.07, 6.45) is 4.49. The normalized spacial score (nSPS) is 14.5. The zero-order chi connectivity index (χ0) is 15.4. The summed E-state index contributed by atoms with van der Waals surface area (Å²) in [6.45, 7) is 1.75. The van der Waals surface area contributed by atoms with Crippen LogP contribution in [0, 0.1) is 0 Å². The lowest BCUT2D eigenvalue weighted by molar-refractivity contribution is 0.297. The van der Waals surface area contributed by atoms with Gasteiger partial charge in [-0.2, -0.15) is 0 Å². The molecule has 0 saturated carbocycles. The number of hydrogen-bond donors (Lipinski definition) is 2. The number of imidazole rings is 1. The van der Waals surface area contributed by atoms with Crippen molar-refractivity contribution in [3.05, 3.63) is 36.4 Å². The number of rotatable bonds is 3. The highest BCUT2D eigenvalue weighted by Crippen LogP contribution is 2.32. The fraction of sp³-hybridized carbons (Fsp3) is 0.333. The quantitative estimate of drug-likeness (QED) is 0.663. The standard InChI is InChI=1S/C15H19N5O2/c1-20-6-5-17-14(20)10-18-15(16)19-11-3-4-12-13(9-11)22-8-2-7-21-12/h3-6,9H,2,7-8,10H2,1H3,(H3,16,18,19). The first-order chi connectivity index (χ1) is 10.7. The summed E-state index contributed by atoms with van der Waals surface area (Å²) in [6, 6.07) is 5.62. The molecule has 7 nitrogen and oxygen atoms in total. The SMILES string of the molecule is Cn1ccnc1CN=C(N)Nc1ccc2c(c1)OCCCO2. The number of guanidine groups is 1. The number of fused-ring (bicyclic) bond motifs is 1. The Bertz CT molecular complexity index is 680. The largest absolute Gasteiger partial charge is 0.490 e. The third-order valence-electron chi connectivity index (χ3n) is 3.33. The van der Waals surface area contributed by atoms with Gasteiger partial charge in [-0.1, -0.05) is 0 Å².